The van der Waals surface area contributed by atoms with Gasteiger partial charge in [-0.2, -0.15) is 0 Å². The second-order valence-corrected chi connectivity index (χ2v) is 6.84. The Kier molecular flexibility index (Phi) is 4.43. The zero-order chi connectivity index (χ0) is 17.4. The first-order chi connectivity index (χ1) is 11.4. The number of amides is 1. The minimum atomic E-state index is -0.261. The SMILES string of the molecule is CCn1cnc2sc(C(=O)Nc3cccc(Cl)c3C)c(C)c2c1=O. The molecule has 7 heteroatoms. The molecule has 2 heterocycles. The second-order valence-electron chi connectivity index (χ2n) is 5.44. The summed E-state index contributed by atoms with van der Waals surface area (Å²) < 4.78 is 1.53. The summed E-state index contributed by atoms with van der Waals surface area (Å²) in [5.41, 5.74) is 2.00. The number of halogens is 1. The molecule has 0 bridgehead atoms. The number of aromatic nitrogens is 2. The molecule has 0 spiro atoms. The zero-order valence-electron chi connectivity index (χ0n) is 13.5. The number of carbonyl (C=O) groups excluding carboxylic acids is 1. The van der Waals surface area contributed by atoms with Crippen LogP contribution in [0.2, 0.25) is 5.02 Å². The molecular weight excluding hydrogens is 346 g/mol. The Morgan fingerprint density at radius 3 is 2.79 bits per heavy atom. The summed E-state index contributed by atoms with van der Waals surface area (Å²) in [6.45, 7) is 6.05. The fourth-order valence-electron chi connectivity index (χ4n) is 2.52. The largest absolute Gasteiger partial charge is 0.321 e. The van der Waals surface area contributed by atoms with Crippen molar-refractivity contribution in [2.24, 2.45) is 0 Å². The highest BCUT2D eigenvalue weighted by Crippen LogP contribution is 2.29. The predicted molar refractivity (Wildman–Crippen MR) is 98.4 cm³/mol. The van der Waals surface area contributed by atoms with Crippen LogP contribution in [0.15, 0.2) is 29.3 Å². The summed E-state index contributed by atoms with van der Waals surface area (Å²) in [7, 11) is 0. The molecule has 3 aromatic rings. The van der Waals surface area contributed by atoms with Crippen LogP contribution >= 0.6 is 22.9 Å². The molecule has 3 rings (SSSR count). The van der Waals surface area contributed by atoms with Gasteiger partial charge in [0, 0.05) is 17.3 Å². The molecule has 5 nitrogen and oxygen atoms in total. The molecule has 2 aromatic heterocycles. The van der Waals surface area contributed by atoms with E-state index in [-0.39, 0.29) is 11.5 Å². The van der Waals surface area contributed by atoms with Gasteiger partial charge in [0.05, 0.1) is 16.6 Å². The van der Waals surface area contributed by atoms with Gasteiger partial charge in [-0.3, -0.25) is 14.2 Å². The lowest BCUT2D eigenvalue weighted by atomic mass is 10.1. The van der Waals surface area contributed by atoms with Crippen LogP contribution in [0.1, 0.15) is 27.7 Å². The minimum Gasteiger partial charge on any atom is -0.321 e. The van der Waals surface area contributed by atoms with Crippen molar-refractivity contribution >= 4 is 44.7 Å². The summed E-state index contributed by atoms with van der Waals surface area (Å²) in [6.07, 6.45) is 1.52. The van der Waals surface area contributed by atoms with Crippen molar-refractivity contribution in [1.29, 1.82) is 0 Å². The number of nitrogens with one attached hydrogen (secondary N) is 1. The Hall–Kier alpha value is -2.18. The topological polar surface area (TPSA) is 64.0 Å². The van der Waals surface area contributed by atoms with Crippen LogP contribution < -0.4 is 10.9 Å². The van der Waals surface area contributed by atoms with E-state index in [0.29, 0.717) is 37.9 Å². The van der Waals surface area contributed by atoms with E-state index in [0.717, 1.165) is 5.56 Å². The first-order valence-electron chi connectivity index (χ1n) is 7.49. The molecule has 0 unspecified atom stereocenters. The summed E-state index contributed by atoms with van der Waals surface area (Å²) >= 11 is 7.32. The molecule has 1 aromatic carbocycles. The molecule has 24 heavy (non-hydrogen) atoms. The van der Waals surface area contributed by atoms with Gasteiger partial charge in [0.1, 0.15) is 4.83 Å². The van der Waals surface area contributed by atoms with Crippen molar-refractivity contribution in [3.63, 3.8) is 0 Å². The molecule has 0 fully saturated rings. The summed E-state index contributed by atoms with van der Waals surface area (Å²) in [4.78, 5) is 30.5. The van der Waals surface area contributed by atoms with E-state index >= 15 is 0 Å². The van der Waals surface area contributed by atoms with Gasteiger partial charge < -0.3 is 5.32 Å². The number of rotatable bonds is 3. The number of anilines is 1. The molecule has 124 valence electrons. The van der Waals surface area contributed by atoms with Gasteiger partial charge >= 0.3 is 0 Å². The van der Waals surface area contributed by atoms with E-state index in [2.05, 4.69) is 10.3 Å². The van der Waals surface area contributed by atoms with Crippen molar-refractivity contribution in [3.05, 3.63) is 55.9 Å². The lowest BCUT2D eigenvalue weighted by molar-refractivity contribution is 0.103. The molecule has 1 N–H and O–H groups in total. The van der Waals surface area contributed by atoms with Crippen molar-refractivity contribution in [3.8, 4) is 0 Å². The third-order valence-electron chi connectivity index (χ3n) is 3.98. The summed E-state index contributed by atoms with van der Waals surface area (Å²) in [6, 6.07) is 5.35. The molecule has 0 atom stereocenters. The average Bonchev–Trinajstić information content (AvgIpc) is 2.90. The van der Waals surface area contributed by atoms with E-state index in [1.807, 2.05) is 13.8 Å². The monoisotopic (exact) mass is 361 g/mol. The van der Waals surface area contributed by atoms with Crippen LogP contribution in [0, 0.1) is 13.8 Å². The fourth-order valence-corrected chi connectivity index (χ4v) is 3.73. The van der Waals surface area contributed by atoms with E-state index < -0.39 is 0 Å². The molecule has 0 aliphatic heterocycles. The fraction of sp³-hybridized carbons (Fsp3) is 0.235. The van der Waals surface area contributed by atoms with E-state index in [4.69, 9.17) is 11.6 Å². The number of hydrogen-bond acceptors (Lipinski definition) is 4. The number of aryl methyl sites for hydroxylation is 2. The van der Waals surface area contributed by atoms with Crippen molar-refractivity contribution in [2.45, 2.75) is 27.3 Å². The van der Waals surface area contributed by atoms with E-state index in [1.165, 1.54) is 22.2 Å². The van der Waals surface area contributed by atoms with Crippen LogP contribution in [0.5, 0.6) is 0 Å². The number of thiophene rings is 1. The Balaban J connectivity index is 2.05. The van der Waals surface area contributed by atoms with Crippen molar-refractivity contribution < 1.29 is 4.79 Å². The number of fused-ring (bicyclic) bond motifs is 1. The molecule has 0 saturated heterocycles. The Morgan fingerprint density at radius 2 is 2.08 bits per heavy atom. The molecule has 0 aliphatic rings. The van der Waals surface area contributed by atoms with Gasteiger partial charge in [0.25, 0.3) is 11.5 Å². The van der Waals surface area contributed by atoms with Gasteiger partial charge in [-0.15, -0.1) is 11.3 Å². The summed E-state index contributed by atoms with van der Waals surface area (Å²) in [5.74, 6) is -0.261. The normalized spacial score (nSPS) is 11.0. The Bertz CT molecular complexity index is 1010. The second kappa shape index (κ2) is 6.37. The van der Waals surface area contributed by atoms with E-state index in [9.17, 15) is 9.59 Å². The molecular formula is C17H16ClN3O2S. The highest BCUT2D eigenvalue weighted by Gasteiger charge is 2.20. The average molecular weight is 362 g/mol. The molecule has 0 radical (unpaired) electrons. The van der Waals surface area contributed by atoms with Crippen LogP contribution in [0.4, 0.5) is 5.69 Å². The maximum Gasteiger partial charge on any atom is 0.266 e. The van der Waals surface area contributed by atoms with Gasteiger partial charge in [-0.25, -0.2) is 4.98 Å². The number of benzene rings is 1. The van der Waals surface area contributed by atoms with Crippen LogP contribution in [-0.4, -0.2) is 15.5 Å². The highest BCUT2D eigenvalue weighted by atomic mass is 35.5. The Morgan fingerprint density at radius 1 is 1.33 bits per heavy atom. The lowest BCUT2D eigenvalue weighted by Crippen LogP contribution is -2.19. The summed E-state index contributed by atoms with van der Waals surface area (Å²) in [5, 5.41) is 3.97. The van der Waals surface area contributed by atoms with Crippen molar-refractivity contribution in [1.82, 2.24) is 9.55 Å². The maximum atomic E-state index is 12.7. The van der Waals surface area contributed by atoms with E-state index in [1.54, 1.807) is 25.1 Å². The third kappa shape index (κ3) is 2.72. The molecule has 0 aliphatic carbocycles. The maximum absolute atomic E-state index is 12.7. The molecule has 1 amide bonds. The Labute approximate surface area is 147 Å². The number of hydrogen-bond donors (Lipinski definition) is 1. The van der Waals surface area contributed by atoms with Crippen LogP contribution in [0.25, 0.3) is 10.2 Å². The standard InChI is InChI=1S/C17H16ClN3O2S/c1-4-21-8-19-16-13(17(21)23)10(3)14(24-16)15(22)20-12-7-5-6-11(18)9(12)2/h5-8H,4H2,1-3H3,(H,20,22). The quantitative estimate of drug-likeness (QED) is 0.766. The number of nitrogens with zero attached hydrogens (tertiary/aromatic N) is 2. The van der Waals surface area contributed by atoms with Crippen LogP contribution in [0.3, 0.4) is 0 Å². The smallest absolute Gasteiger partial charge is 0.266 e. The highest BCUT2D eigenvalue weighted by molar-refractivity contribution is 7.20. The first-order valence-corrected chi connectivity index (χ1v) is 8.68. The molecule has 0 saturated carbocycles. The van der Waals surface area contributed by atoms with Crippen LogP contribution in [-0.2, 0) is 6.54 Å². The predicted octanol–water partition coefficient (Wildman–Crippen LogP) is 4.00. The third-order valence-corrected chi connectivity index (χ3v) is 5.59. The van der Waals surface area contributed by atoms with Gasteiger partial charge in [-0.1, -0.05) is 17.7 Å². The first kappa shape index (κ1) is 16.7. The van der Waals surface area contributed by atoms with Gasteiger partial charge in [0.2, 0.25) is 0 Å². The van der Waals surface area contributed by atoms with Gasteiger partial charge in [-0.05, 0) is 44.0 Å². The lowest BCUT2D eigenvalue weighted by Gasteiger charge is -2.09. The van der Waals surface area contributed by atoms with Crippen molar-refractivity contribution in [2.75, 3.05) is 5.32 Å². The minimum absolute atomic E-state index is 0.116. The number of carbonyl (C=O) groups is 1. The van der Waals surface area contributed by atoms with Gasteiger partial charge in [0.15, 0.2) is 0 Å². The zero-order valence-corrected chi connectivity index (χ0v) is 15.1.